The molecule has 1 saturated heterocycles. The van der Waals surface area contributed by atoms with Crippen molar-refractivity contribution in [1.82, 2.24) is 14.6 Å². The number of hydrogen-bond acceptors (Lipinski definition) is 4. The lowest BCUT2D eigenvalue weighted by Crippen LogP contribution is -2.42. The second kappa shape index (κ2) is 7.82. The van der Waals surface area contributed by atoms with Crippen molar-refractivity contribution in [3.05, 3.63) is 45.7 Å². The summed E-state index contributed by atoms with van der Waals surface area (Å²) in [5.41, 5.74) is 2.48. The summed E-state index contributed by atoms with van der Waals surface area (Å²) in [6.45, 7) is 3.11. The Bertz CT molecular complexity index is 1010. The molecule has 146 valence electrons. The number of aromatic nitrogens is 1. The van der Waals surface area contributed by atoms with Crippen molar-refractivity contribution in [3.63, 3.8) is 0 Å². The van der Waals surface area contributed by atoms with Crippen molar-refractivity contribution in [1.29, 1.82) is 0 Å². The first kappa shape index (κ1) is 19.6. The van der Waals surface area contributed by atoms with Crippen molar-refractivity contribution >= 4 is 26.8 Å². The molecule has 3 rings (SSSR count). The standard InChI is InChI=1S/C19H25N3O4S/c1-13-11-16-12-14(3-4-17(16)21-18(13)23)5-8-20-19(24)15-6-9-22(10-7-15)27(2,25)26/h3-4,11-12,15H,5-10H2,1-2H3,(H,20,24)(H,21,23). The Morgan fingerprint density at radius 3 is 2.63 bits per heavy atom. The predicted octanol–water partition coefficient (Wildman–Crippen LogP) is 1.17. The number of pyridine rings is 1. The molecule has 1 amide bonds. The maximum atomic E-state index is 12.3. The second-order valence-corrected chi connectivity index (χ2v) is 9.16. The normalized spacial score (nSPS) is 16.5. The number of amides is 1. The van der Waals surface area contributed by atoms with Gasteiger partial charge >= 0.3 is 0 Å². The number of rotatable bonds is 5. The molecule has 0 unspecified atom stereocenters. The van der Waals surface area contributed by atoms with E-state index in [9.17, 15) is 18.0 Å². The first-order chi connectivity index (χ1) is 12.7. The van der Waals surface area contributed by atoms with E-state index in [4.69, 9.17) is 0 Å². The minimum atomic E-state index is -3.17. The van der Waals surface area contributed by atoms with Gasteiger partial charge in [-0.2, -0.15) is 0 Å². The topological polar surface area (TPSA) is 99.3 Å². The van der Waals surface area contributed by atoms with Gasteiger partial charge in [0, 0.05) is 36.6 Å². The number of fused-ring (bicyclic) bond motifs is 1. The highest BCUT2D eigenvalue weighted by atomic mass is 32.2. The van der Waals surface area contributed by atoms with Gasteiger partial charge in [-0.3, -0.25) is 9.59 Å². The van der Waals surface area contributed by atoms with E-state index < -0.39 is 10.0 Å². The van der Waals surface area contributed by atoms with Crippen molar-refractivity contribution in [2.45, 2.75) is 26.2 Å². The fourth-order valence-corrected chi connectivity index (χ4v) is 4.32. The zero-order chi connectivity index (χ0) is 19.6. The maximum absolute atomic E-state index is 12.3. The van der Waals surface area contributed by atoms with Crippen LogP contribution in [0.4, 0.5) is 0 Å². The molecule has 8 heteroatoms. The molecule has 1 aliphatic heterocycles. The molecule has 0 bridgehead atoms. The van der Waals surface area contributed by atoms with Crippen LogP contribution in [0, 0.1) is 12.8 Å². The highest BCUT2D eigenvalue weighted by Gasteiger charge is 2.28. The van der Waals surface area contributed by atoms with Crippen LogP contribution < -0.4 is 10.9 Å². The molecule has 0 spiro atoms. The molecule has 1 fully saturated rings. The second-order valence-electron chi connectivity index (χ2n) is 7.18. The summed E-state index contributed by atoms with van der Waals surface area (Å²) in [5, 5.41) is 3.93. The number of piperidine rings is 1. The summed E-state index contributed by atoms with van der Waals surface area (Å²) in [6, 6.07) is 7.72. The quantitative estimate of drug-likeness (QED) is 0.799. The smallest absolute Gasteiger partial charge is 0.251 e. The minimum Gasteiger partial charge on any atom is -0.356 e. The first-order valence-corrected chi connectivity index (χ1v) is 10.9. The lowest BCUT2D eigenvalue weighted by atomic mass is 9.97. The molecular weight excluding hydrogens is 366 g/mol. The Morgan fingerprint density at radius 1 is 1.26 bits per heavy atom. The Labute approximate surface area is 158 Å². The van der Waals surface area contributed by atoms with E-state index in [0.29, 0.717) is 44.5 Å². The molecule has 0 radical (unpaired) electrons. The molecule has 2 aromatic rings. The molecule has 7 nitrogen and oxygen atoms in total. The number of nitrogens with one attached hydrogen (secondary N) is 2. The number of carbonyl (C=O) groups is 1. The summed E-state index contributed by atoms with van der Waals surface area (Å²) < 4.78 is 24.5. The van der Waals surface area contributed by atoms with Gasteiger partial charge in [-0.05, 0) is 55.3 Å². The molecular formula is C19H25N3O4S. The lowest BCUT2D eigenvalue weighted by molar-refractivity contribution is -0.126. The third-order valence-electron chi connectivity index (χ3n) is 5.10. The van der Waals surface area contributed by atoms with Gasteiger partial charge in [0.25, 0.3) is 5.56 Å². The van der Waals surface area contributed by atoms with Gasteiger partial charge < -0.3 is 10.3 Å². The van der Waals surface area contributed by atoms with Crippen molar-refractivity contribution in [3.8, 4) is 0 Å². The average Bonchev–Trinajstić information content (AvgIpc) is 2.62. The summed E-state index contributed by atoms with van der Waals surface area (Å²) >= 11 is 0. The van der Waals surface area contributed by atoms with Gasteiger partial charge in [-0.1, -0.05) is 6.07 Å². The summed E-state index contributed by atoms with van der Waals surface area (Å²) in [6.07, 6.45) is 3.01. The van der Waals surface area contributed by atoms with Gasteiger partial charge in [-0.25, -0.2) is 12.7 Å². The van der Waals surface area contributed by atoms with Crippen molar-refractivity contribution in [2.24, 2.45) is 5.92 Å². The number of aromatic amines is 1. The van der Waals surface area contributed by atoms with Crippen molar-refractivity contribution < 1.29 is 13.2 Å². The van der Waals surface area contributed by atoms with Gasteiger partial charge in [-0.15, -0.1) is 0 Å². The first-order valence-electron chi connectivity index (χ1n) is 9.09. The molecule has 0 saturated carbocycles. The number of H-pyrrole nitrogens is 1. The SMILES string of the molecule is Cc1cc2cc(CCNC(=O)C3CCN(S(C)(=O)=O)CC3)ccc2[nH]c1=O. The van der Waals surface area contributed by atoms with E-state index in [1.807, 2.05) is 24.3 Å². The highest BCUT2D eigenvalue weighted by molar-refractivity contribution is 7.88. The third-order valence-corrected chi connectivity index (χ3v) is 6.40. The third kappa shape index (κ3) is 4.75. The fraction of sp³-hybridized carbons (Fsp3) is 0.474. The van der Waals surface area contributed by atoms with Gasteiger partial charge in [0.15, 0.2) is 0 Å². The molecule has 1 aromatic carbocycles. The van der Waals surface area contributed by atoms with Crippen LogP contribution in [0.1, 0.15) is 24.0 Å². The molecule has 2 heterocycles. The molecule has 1 aliphatic rings. The highest BCUT2D eigenvalue weighted by Crippen LogP contribution is 2.19. The Balaban J connectivity index is 1.52. The van der Waals surface area contributed by atoms with Crippen LogP contribution >= 0.6 is 0 Å². The van der Waals surface area contributed by atoms with Crippen LogP contribution in [0.15, 0.2) is 29.1 Å². The van der Waals surface area contributed by atoms with Crippen LogP contribution in [0.2, 0.25) is 0 Å². The largest absolute Gasteiger partial charge is 0.356 e. The Kier molecular flexibility index (Phi) is 5.67. The number of aryl methyl sites for hydroxylation is 1. The zero-order valence-corrected chi connectivity index (χ0v) is 16.4. The van der Waals surface area contributed by atoms with E-state index in [1.165, 1.54) is 10.6 Å². The number of sulfonamides is 1. The average molecular weight is 391 g/mol. The molecule has 1 aromatic heterocycles. The van der Waals surface area contributed by atoms with E-state index in [0.717, 1.165) is 16.5 Å². The zero-order valence-electron chi connectivity index (χ0n) is 15.6. The maximum Gasteiger partial charge on any atom is 0.251 e. The van der Waals surface area contributed by atoms with Gasteiger partial charge in [0.2, 0.25) is 15.9 Å². The molecule has 2 N–H and O–H groups in total. The molecule has 0 atom stereocenters. The lowest BCUT2D eigenvalue weighted by Gasteiger charge is -2.29. The van der Waals surface area contributed by atoms with Crippen molar-refractivity contribution in [2.75, 3.05) is 25.9 Å². The fourth-order valence-electron chi connectivity index (χ4n) is 3.44. The summed E-state index contributed by atoms with van der Waals surface area (Å²) in [7, 11) is -3.17. The predicted molar refractivity (Wildman–Crippen MR) is 105 cm³/mol. The van der Waals surface area contributed by atoms with Gasteiger partial charge in [0.05, 0.1) is 6.26 Å². The number of nitrogens with zero attached hydrogens (tertiary/aromatic N) is 1. The van der Waals surface area contributed by atoms with Crippen LogP contribution in [-0.2, 0) is 21.2 Å². The summed E-state index contributed by atoms with van der Waals surface area (Å²) in [5.74, 6) is -0.142. The van der Waals surface area contributed by atoms with Crippen LogP contribution in [0.5, 0.6) is 0 Å². The van der Waals surface area contributed by atoms with E-state index in [-0.39, 0.29) is 17.4 Å². The summed E-state index contributed by atoms with van der Waals surface area (Å²) in [4.78, 5) is 26.8. The van der Waals surface area contributed by atoms with Crippen LogP contribution in [0.25, 0.3) is 10.9 Å². The Hall–Kier alpha value is -2.19. The van der Waals surface area contributed by atoms with E-state index in [2.05, 4.69) is 10.3 Å². The van der Waals surface area contributed by atoms with Crippen LogP contribution in [0.3, 0.4) is 0 Å². The number of benzene rings is 1. The number of carbonyl (C=O) groups excluding carboxylic acids is 1. The molecule has 0 aliphatic carbocycles. The van der Waals surface area contributed by atoms with Crippen LogP contribution in [-0.4, -0.2) is 49.5 Å². The monoisotopic (exact) mass is 391 g/mol. The van der Waals surface area contributed by atoms with Gasteiger partial charge in [0.1, 0.15) is 0 Å². The number of hydrogen-bond donors (Lipinski definition) is 2. The van der Waals surface area contributed by atoms with E-state index >= 15 is 0 Å². The van der Waals surface area contributed by atoms with E-state index in [1.54, 1.807) is 6.92 Å². The Morgan fingerprint density at radius 2 is 1.96 bits per heavy atom. The molecule has 27 heavy (non-hydrogen) atoms. The minimum absolute atomic E-state index is 0.0101.